The minimum atomic E-state index is 0.523. The summed E-state index contributed by atoms with van der Waals surface area (Å²) in [5.41, 5.74) is 2.38. The highest BCUT2D eigenvalue weighted by Gasteiger charge is 2.27. The minimum Gasteiger partial charge on any atom is -0.371 e. The smallest absolute Gasteiger partial charge is 0.0495 e. The summed E-state index contributed by atoms with van der Waals surface area (Å²) in [7, 11) is 0. The zero-order valence-electron chi connectivity index (χ0n) is 9.71. The van der Waals surface area contributed by atoms with E-state index in [1.54, 1.807) is 0 Å². The Hall–Kier alpha value is -0.400. The van der Waals surface area contributed by atoms with Crippen molar-refractivity contribution in [3.8, 4) is 0 Å². The summed E-state index contributed by atoms with van der Waals surface area (Å²) in [6.45, 7) is 6.85. The molecule has 2 unspecified atom stereocenters. The standard InChI is InChI=1S/C13H17Cl2N/c1-9-7-16(8-10(9)2)13-4-3-12(15)5-11(13)6-14/h3-5,9-10H,6-8H2,1-2H3. The van der Waals surface area contributed by atoms with Crippen LogP contribution in [-0.2, 0) is 5.88 Å². The van der Waals surface area contributed by atoms with Gasteiger partial charge in [-0.05, 0) is 35.6 Å². The Bertz CT molecular complexity index is 368. The molecule has 0 spiro atoms. The molecule has 0 aromatic heterocycles. The summed E-state index contributed by atoms with van der Waals surface area (Å²) in [6.07, 6.45) is 0. The topological polar surface area (TPSA) is 3.24 Å². The first-order valence-corrected chi connectivity index (χ1v) is 6.62. The van der Waals surface area contributed by atoms with Crippen LogP contribution in [0.2, 0.25) is 5.02 Å². The fraction of sp³-hybridized carbons (Fsp3) is 0.538. The first-order chi connectivity index (χ1) is 7.61. The van der Waals surface area contributed by atoms with Crippen molar-refractivity contribution < 1.29 is 0 Å². The molecule has 0 saturated carbocycles. The van der Waals surface area contributed by atoms with Gasteiger partial charge in [0.1, 0.15) is 0 Å². The Morgan fingerprint density at radius 1 is 1.25 bits per heavy atom. The average molecular weight is 258 g/mol. The van der Waals surface area contributed by atoms with E-state index in [2.05, 4.69) is 24.8 Å². The number of rotatable bonds is 2. The van der Waals surface area contributed by atoms with Gasteiger partial charge in [-0.3, -0.25) is 0 Å². The zero-order valence-corrected chi connectivity index (χ0v) is 11.2. The van der Waals surface area contributed by atoms with E-state index in [0.29, 0.717) is 5.88 Å². The third-order valence-electron chi connectivity index (χ3n) is 3.51. The van der Waals surface area contributed by atoms with Gasteiger partial charge in [-0.2, -0.15) is 0 Å². The van der Waals surface area contributed by atoms with Gasteiger partial charge < -0.3 is 4.90 Å². The first-order valence-electron chi connectivity index (χ1n) is 5.71. The SMILES string of the molecule is CC1CN(c2ccc(Cl)cc2CCl)CC1C. The van der Waals surface area contributed by atoms with Crippen LogP contribution in [0.15, 0.2) is 18.2 Å². The fourth-order valence-electron chi connectivity index (χ4n) is 2.30. The molecule has 16 heavy (non-hydrogen) atoms. The van der Waals surface area contributed by atoms with Crippen LogP contribution < -0.4 is 4.90 Å². The van der Waals surface area contributed by atoms with Crippen molar-refractivity contribution in [2.75, 3.05) is 18.0 Å². The number of hydrogen-bond donors (Lipinski definition) is 0. The summed E-state index contributed by atoms with van der Waals surface area (Å²) in [4.78, 5) is 2.42. The lowest BCUT2D eigenvalue weighted by molar-refractivity contribution is 0.494. The predicted molar refractivity (Wildman–Crippen MR) is 71.6 cm³/mol. The second kappa shape index (κ2) is 4.85. The van der Waals surface area contributed by atoms with Crippen LogP contribution >= 0.6 is 23.2 Å². The molecule has 0 amide bonds. The molecule has 1 saturated heterocycles. The zero-order chi connectivity index (χ0) is 11.7. The first kappa shape index (κ1) is 12.1. The normalized spacial score (nSPS) is 25.1. The van der Waals surface area contributed by atoms with Gasteiger partial charge in [0.05, 0.1) is 0 Å². The second-order valence-electron chi connectivity index (χ2n) is 4.77. The third kappa shape index (κ3) is 2.31. The van der Waals surface area contributed by atoms with Gasteiger partial charge in [-0.15, -0.1) is 11.6 Å². The van der Waals surface area contributed by atoms with E-state index in [1.165, 1.54) is 5.69 Å². The van der Waals surface area contributed by atoms with E-state index in [1.807, 2.05) is 12.1 Å². The van der Waals surface area contributed by atoms with Crippen molar-refractivity contribution in [3.63, 3.8) is 0 Å². The van der Waals surface area contributed by atoms with Gasteiger partial charge in [0.25, 0.3) is 0 Å². The number of anilines is 1. The van der Waals surface area contributed by atoms with E-state index < -0.39 is 0 Å². The van der Waals surface area contributed by atoms with Crippen molar-refractivity contribution >= 4 is 28.9 Å². The van der Waals surface area contributed by atoms with Gasteiger partial charge in [-0.25, -0.2) is 0 Å². The maximum atomic E-state index is 5.98. The van der Waals surface area contributed by atoms with Crippen LogP contribution in [0.3, 0.4) is 0 Å². The van der Waals surface area contributed by atoms with Crippen LogP contribution in [0.25, 0.3) is 0 Å². The maximum Gasteiger partial charge on any atom is 0.0495 e. The number of halogens is 2. The number of nitrogens with zero attached hydrogens (tertiary/aromatic N) is 1. The van der Waals surface area contributed by atoms with Gasteiger partial charge >= 0.3 is 0 Å². The summed E-state index contributed by atoms with van der Waals surface area (Å²) in [5, 5.41) is 0.764. The van der Waals surface area contributed by atoms with Gasteiger partial charge in [-0.1, -0.05) is 25.4 Å². The second-order valence-corrected chi connectivity index (χ2v) is 5.47. The van der Waals surface area contributed by atoms with Gasteiger partial charge in [0.15, 0.2) is 0 Å². The highest BCUT2D eigenvalue weighted by Crippen LogP contribution is 2.32. The van der Waals surface area contributed by atoms with Crippen molar-refractivity contribution in [1.29, 1.82) is 0 Å². The molecule has 1 aromatic rings. The highest BCUT2D eigenvalue weighted by atomic mass is 35.5. The lowest BCUT2D eigenvalue weighted by Crippen LogP contribution is -2.20. The average Bonchev–Trinajstić information content (AvgIpc) is 2.59. The Kier molecular flexibility index (Phi) is 3.66. The Labute approximate surface area is 107 Å². The molecule has 2 atom stereocenters. The van der Waals surface area contributed by atoms with Crippen molar-refractivity contribution in [1.82, 2.24) is 0 Å². The molecule has 0 N–H and O–H groups in total. The molecule has 0 aliphatic carbocycles. The van der Waals surface area contributed by atoms with Crippen molar-refractivity contribution in [2.24, 2.45) is 11.8 Å². The Balaban J connectivity index is 2.27. The molecule has 1 aromatic carbocycles. The highest BCUT2D eigenvalue weighted by molar-refractivity contribution is 6.30. The molecule has 0 radical (unpaired) electrons. The van der Waals surface area contributed by atoms with Gasteiger partial charge in [0, 0.05) is 29.7 Å². The molecule has 3 heteroatoms. The van der Waals surface area contributed by atoms with E-state index in [0.717, 1.165) is 35.5 Å². The molecule has 1 fully saturated rings. The minimum absolute atomic E-state index is 0.523. The molecular formula is C13H17Cl2N. The van der Waals surface area contributed by atoms with Crippen LogP contribution in [-0.4, -0.2) is 13.1 Å². The largest absolute Gasteiger partial charge is 0.371 e. The fourth-order valence-corrected chi connectivity index (χ4v) is 2.70. The van der Waals surface area contributed by atoms with E-state index in [-0.39, 0.29) is 0 Å². The summed E-state index contributed by atoms with van der Waals surface area (Å²) in [6, 6.07) is 6.00. The summed E-state index contributed by atoms with van der Waals surface area (Å²) in [5.74, 6) is 2.02. The van der Waals surface area contributed by atoms with Crippen LogP contribution in [0.4, 0.5) is 5.69 Å². The molecule has 88 valence electrons. The monoisotopic (exact) mass is 257 g/mol. The lowest BCUT2D eigenvalue weighted by atomic mass is 10.0. The van der Waals surface area contributed by atoms with E-state index in [9.17, 15) is 0 Å². The number of hydrogen-bond acceptors (Lipinski definition) is 1. The van der Waals surface area contributed by atoms with Crippen molar-refractivity contribution in [2.45, 2.75) is 19.7 Å². The van der Waals surface area contributed by atoms with Gasteiger partial charge in [0.2, 0.25) is 0 Å². The molecule has 1 aliphatic heterocycles. The maximum absolute atomic E-state index is 5.98. The van der Waals surface area contributed by atoms with E-state index >= 15 is 0 Å². The van der Waals surface area contributed by atoms with E-state index in [4.69, 9.17) is 23.2 Å². The number of alkyl halides is 1. The Morgan fingerprint density at radius 3 is 2.44 bits per heavy atom. The molecular weight excluding hydrogens is 241 g/mol. The third-order valence-corrected chi connectivity index (χ3v) is 4.04. The van der Waals surface area contributed by atoms with Crippen LogP contribution in [0.5, 0.6) is 0 Å². The molecule has 1 aliphatic rings. The van der Waals surface area contributed by atoms with Crippen molar-refractivity contribution in [3.05, 3.63) is 28.8 Å². The number of benzene rings is 1. The van der Waals surface area contributed by atoms with Crippen LogP contribution in [0, 0.1) is 11.8 Å². The van der Waals surface area contributed by atoms with Crippen LogP contribution in [0.1, 0.15) is 19.4 Å². The Morgan fingerprint density at radius 2 is 1.88 bits per heavy atom. The summed E-state index contributed by atoms with van der Waals surface area (Å²) >= 11 is 12.0. The molecule has 0 bridgehead atoms. The summed E-state index contributed by atoms with van der Waals surface area (Å²) < 4.78 is 0. The molecule has 1 heterocycles. The lowest BCUT2D eigenvalue weighted by Gasteiger charge is -2.21. The molecule has 1 nitrogen and oxygen atoms in total. The quantitative estimate of drug-likeness (QED) is 0.719. The molecule has 2 rings (SSSR count). The predicted octanol–water partition coefficient (Wildman–Crippen LogP) is 4.17.